The smallest absolute Gasteiger partial charge is 0.342 e. The first-order valence-electron chi connectivity index (χ1n) is 5.51. The highest BCUT2D eigenvalue weighted by Gasteiger charge is 2.24. The van der Waals surface area contributed by atoms with Crippen LogP contribution in [-0.2, 0) is 9.53 Å². The topological polar surface area (TPSA) is 75.6 Å². The fourth-order valence-corrected chi connectivity index (χ4v) is 1.55. The van der Waals surface area contributed by atoms with Crippen LogP contribution in [0.4, 0.5) is 0 Å². The summed E-state index contributed by atoms with van der Waals surface area (Å²) in [4.78, 5) is 22.9. The Kier molecular flexibility index (Phi) is 3.72. The molecule has 1 fully saturated rings. The van der Waals surface area contributed by atoms with Crippen LogP contribution < -0.4 is 5.32 Å². The number of amides is 1. The van der Waals surface area contributed by atoms with E-state index in [1.807, 2.05) is 0 Å². The summed E-state index contributed by atoms with van der Waals surface area (Å²) in [6.07, 6.45) is 1.94. The number of halogens is 1. The lowest BCUT2D eigenvalue weighted by atomic mass is 10.2. The Morgan fingerprint density at radius 1 is 1.44 bits per heavy atom. The molecule has 18 heavy (non-hydrogen) atoms. The Labute approximate surface area is 109 Å². The average molecular weight is 270 g/mol. The maximum atomic E-state index is 11.6. The molecule has 0 bridgehead atoms. The van der Waals surface area contributed by atoms with Crippen molar-refractivity contribution in [2.45, 2.75) is 18.9 Å². The lowest BCUT2D eigenvalue weighted by Crippen LogP contribution is -2.30. The third-order valence-electron chi connectivity index (χ3n) is 2.46. The highest BCUT2D eigenvalue weighted by molar-refractivity contribution is 6.30. The summed E-state index contributed by atoms with van der Waals surface area (Å²) in [6, 6.07) is 4.27. The van der Waals surface area contributed by atoms with Crippen molar-refractivity contribution in [1.29, 1.82) is 0 Å². The summed E-state index contributed by atoms with van der Waals surface area (Å²) in [5, 5.41) is 12.5. The molecule has 0 atom stereocenters. The fraction of sp³-hybridized carbons (Fsp3) is 0.333. The van der Waals surface area contributed by atoms with Crippen LogP contribution in [0.3, 0.4) is 0 Å². The molecule has 1 aromatic carbocycles. The molecule has 0 saturated heterocycles. The minimum atomic E-state index is -0.755. The second-order valence-corrected chi connectivity index (χ2v) is 4.52. The molecule has 1 saturated carbocycles. The Morgan fingerprint density at radius 2 is 2.17 bits per heavy atom. The molecule has 2 N–H and O–H groups in total. The highest BCUT2D eigenvalue weighted by atomic mass is 35.5. The van der Waals surface area contributed by atoms with Crippen LogP contribution in [0.25, 0.3) is 0 Å². The molecule has 0 spiro atoms. The van der Waals surface area contributed by atoms with Gasteiger partial charge in [0.25, 0.3) is 5.91 Å². The van der Waals surface area contributed by atoms with Gasteiger partial charge in [-0.05, 0) is 31.0 Å². The van der Waals surface area contributed by atoms with Crippen LogP contribution in [0, 0.1) is 0 Å². The summed E-state index contributed by atoms with van der Waals surface area (Å²) in [7, 11) is 0. The number of aromatic hydroxyl groups is 1. The van der Waals surface area contributed by atoms with Crippen molar-refractivity contribution >= 4 is 23.5 Å². The van der Waals surface area contributed by atoms with E-state index in [1.54, 1.807) is 0 Å². The zero-order valence-corrected chi connectivity index (χ0v) is 10.2. The maximum Gasteiger partial charge on any atom is 0.342 e. The van der Waals surface area contributed by atoms with Crippen molar-refractivity contribution in [2.75, 3.05) is 6.61 Å². The van der Waals surface area contributed by atoms with E-state index in [0.29, 0.717) is 5.02 Å². The van der Waals surface area contributed by atoms with E-state index in [1.165, 1.54) is 18.2 Å². The van der Waals surface area contributed by atoms with Gasteiger partial charge in [-0.2, -0.15) is 0 Å². The molecule has 1 aliphatic rings. The van der Waals surface area contributed by atoms with Crippen LogP contribution >= 0.6 is 11.6 Å². The normalized spacial score (nSPS) is 14.1. The van der Waals surface area contributed by atoms with E-state index in [-0.39, 0.29) is 29.9 Å². The van der Waals surface area contributed by atoms with Crippen molar-refractivity contribution in [3.05, 3.63) is 28.8 Å². The molecule has 0 aromatic heterocycles. The van der Waals surface area contributed by atoms with E-state index in [9.17, 15) is 14.7 Å². The van der Waals surface area contributed by atoms with Crippen LogP contribution in [0.2, 0.25) is 5.02 Å². The number of nitrogens with one attached hydrogen (secondary N) is 1. The summed E-state index contributed by atoms with van der Waals surface area (Å²) in [6.45, 7) is -0.350. The predicted octanol–water partition coefficient (Wildman–Crippen LogP) is 1.48. The first kappa shape index (κ1) is 12.7. The maximum absolute atomic E-state index is 11.6. The van der Waals surface area contributed by atoms with Crippen LogP contribution in [0.5, 0.6) is 5.75 Å². The Balaban J connectivity index is 1.88. The van der Waals surface area contributed by atoms with E-state index in [4.69, 9.17) is 16.3 Å². The molecular formula is C12H12ClNO4. The second kappa shape index (κ2) is 5.27. The second-order valence-electron chi connectivity index (χ2n) is 4.08. The summed E-state index contributed by atoms with van der Waals surface area (Å²) < 4.78 is 4.79. The fourth-order valence-electron chi connectivity index (χ4n) is 1.38. The van der Waals surface area contributed by atoms with Gasteiger partial charge in [0.1, 0.15) is 11.3 Å². The third kappa shape index (κ3) is 3.37. The molecular weight excluding hydrogens is 258 g/mol. The molecule has 0 heterocycles. The third-order valence-corrected chi connectivity index (χ3v) is 2.69. The van der Waals surface area contributed by atoms with Crippen LogP contribution in [0.15, 0.2) is 18.2 Å². The lowest BCUT2D eigenvalue weighted by molar-refractivity contribution is -0.124. The lowest BCUT2D eigenvalue weighted by Gasteiger charge is -2.06. The van der Waals surface area contributed by atoms with Crippen LogP contribution in [0.1, 0.15) is 23.2 Å². The predicted molar refractivity (Wildman–Crippen MR) is 64.6 cm³/mol. The number of phenols is 1. The van der Waals surface area contributed by atoms with E-state index in [0.717, 1.165) is 12.8 Å². The molecule has 2 rings (SSSR count). The van der Waals surface area contributed by atoms with Crippen molar-refractivity contribution in [1.82, 2.24) is 5.32 Å². The number of hydrogen-bond donors (Lipinski definition) is 2. The van der Waals surface area contributed by atoms with Crippen molar-refractivity contribution < 1.29 is 19.4 Å². The van der Waals surface area contributed by atoms with Gasteiger partial charge < -0.3 is 15.2 Å². The van der Waals surface area contributed by atoms with E-state index < -0.39 is 5.97 Å². The number of esters is 1. The number of carbonyl (C=O) groups excluding carboxylic acids is 2. The van der Waals surface area contributed by atoms with E-state index >= 15 is 0 Å². The largest absolute Gasteiger partial charge is 0.507 e. The number of benzene rings is 1. The molecule has 1 aliphatic carbocycles. The number of phenolic OH excluding ortho intramolecular Hbond substituents is 1. The minimum Gasteiger partial charge on any atom is -0.507 e. The van der Waals surface area contributed by atoms with Gasteiger partial charge in [0.2, 0.25) is 0 Å². The van der Waals surface area contributed by atoms with Gasteiger partial charge in [0, 0.05) is 11.1 Å². The summed E-state index contributed by atoms with van der Waals surface area (Å²) in [5.41, 5.74) is -0.0152. The molecule has 5 nitrogen and oxygen atoms in total. The van der Waals surface area contributed by atoms with Crippen molar-refractivity contribution in [3.8, 4) is 5.75 Å². The molecule has 1 aromatic rings. The summed E-state index contributed by atoms with van der Waals surface area (Å²) in [5.74, 6) is -1.36. The number of rotatable bonds is 4. The van der Waals surface area contributed by atoms with Crippen LogP contribution in [-0.4, -0.2) is 29.6 Å². The SMILES string of the molecule is O=C(COC(=O)c1ccc(Cl)cc1O)NC1CC1. The molecule has 0 unspecified atom stereocenters. The zero-order chi connectivity index (χ0) is 13.1. The van der Waals surface area contributed by atoms with Gasteiger partial charge in [0.05, 0.1) is 0 Å². The monoisotopic (exact) mass is 269 g/mol. The van der Waals surface area contributed by atoms with Gasteiger partial charge in [-0.15, -0.1) is 0 Å². The van der Waals surface area contributed by atoms with Crippen molar-refractivity contribution in [3.63, 3.8) is 0 Å². The standard InChI is InChI=1S/C12H12ClNO4/c13-7-1-4-9(10(15)5-7)12(17)18-6-11(16)14-8-2-3-8/h1,4-5,8,15H,2-3,6H2,(H,14,16). The number of carbonyl (C=O) groups is 2. The average Bonchev–Trinajstić information content (AvgIpc) is 3.10. The van der Waals surface area contributed by atoms with E-state index in [2.05, 4.69) is 5.32 Å². The van der Waals surface area contributed by atoms with Gasteiger partial charge in [-0.25, -0.2) is 4.79 Å². The molecule has 0 aliphatic heterocycles. The quantitative estimate of drug-likeness (QED) is 0.812. The Morgan fingerprint density at radius 3 is 2.78 bits per heavy atom. The Hall–Kier alpha value is -1.75. The highest BCUT2D eigenvalue weighted by Crippen LogP contribution is 2.22. The van der Waals surface area contributed by atoms with Gasteiger partial charge in [-0.1, -0.05) is 11.6 Å². The molecule has 1 amide bonds. The minimum absolute atomic E-state index is 0.0152. The van der Waals surface area contributed by atoms with Gasteiger partial charge >= 0.3 is 5.97 Å². The zero-order valence-electron chi connectivity index (χ0n) is 9.48. The Bertz CT molecular complexity index is 485. The number of ether oxygens (including phenoxy) is 1. The van der Waals surface area contributed by atoms with Crippen molar-refractivity contribution in [2.24, 2.45) is 0 Å². The first-order valence-corrected chi connectivity index (χ1v) is 5.89. The molecule has 96 valence electrons. The van der Waals surface area contributed by atoms with Gasteiger partial charge in [0.15, 0.2) is 6.61 Å². The summed E-state index contributed by atoms with van der Waals surface area (Å²) >= 11 is 5.64. The number of hydrogen-bond acceptors (Lipinski definition) is 4. The molecule has 0 radical (unpaired) electrons. The van der Waals surface area contributed by atoms with Gasteiger partial charge in [-0.3, -0.25) is 4.79 Å². The molecule has 6 heteroatoms. The first-order chi connectivity index (χ1) is 8.56.